The zero-order valence-corrected chi connectivity index (χ0v) is 14.5. The molecule has 0 spiro atoms. The first kappa shape index (κ1) is 16.7. The minimum Gasteiger partial charge on any atom is -0.372 e. The highest BCUT2D eigenvalue weighted by atomic mass is 16.3. The van der Waals surface area contributed by atoms with Crippen molar-refractivity contribution in [1.82, 2.24) is 5.43 Å². The monoisotopic (exact) mass is 346 g/mol. The van der Waals surface area contributed by atoms with E-state index < -0.39 is 11.5 Å². The van der Waals surface area contributed by atoms with Crippen LogP contribution >= 0.6 is 0 Å². The Hall–Kier alpha value is -2.72. The summed E-state index contributed by atoms with van der Waals surface area (Å²) in [6.45, 7) is 0. The molecular formula is C22H22N2O2. The maximum Gasteiger partial charge on any atom is 0.281 e. The minimum atomic E-state index is -1.78. The first-order chi connectivity index (χ1) is 12.7. The van der Waals surface area contributed by atoms with E-state index in [-0.39, 0.29) is 0 Å². The number of allylic oxidation sites excluding steroid dienone is 2. The van der Waals surface area contributed by atoms with E-state index in [9.17, 15) is 9.90 Å². The van der Waals surface area contributed by atoms with Gasteiger partial charge in [0.2, 0.25) is 0 Å². The summed E-state index contributed by atoms with van der Waals surface area (Å²) in [7, 11) is 0. The molecule has 4 heteroatoms. The van der Waals surface area contributed by atoms with Crippen molar-refractivity contribution < 1.29 is 9.90 Å². The molecule has 0 radical (unpaired) electrons. The SMILES string of the molecule is O=C(NN=CC1CC2C=CC1C2)C(O)(c1ccccc1)c1ccccc1. The number of rotatable bonds is 5. The second kappa shape index (κ2) is 6.89. The van der Waals surface area contributed by atoms with Crippen molar-refractivity contribution in [3.63, 3.8) is 0 Å². The molecule has 2 aliphatic rings. The number of carbonyl (C=O) groups excluding carboxylic acids is 1. The average molecular weight is 346 g/mol. The second-order valence-corrected chi connectivity index (χ2v) is 7.11. The maximum absolute atomic E-state index is 12.9. The van der Waals surface area contributed by atoms with Crippen LogP contribution in [0.3, 0.4) is 0 Å². The fourth-order valence-corrected chi connectivity index (χ4v) is 4.05. The van der Waals surface area contributed by atoms with Crippen LogP contribution in [-0.4, -0.2) is 17.2 Å². The zero-order valence-electron chi connectivity index (χ0n) is 14.5. The number of nitrogens with zero attached hydrogens (tertiary/aromatic N) is 1. The highest BCUT2D eigenvalue weighted by Gasteiger charge is 2.40. The van der Waals surface area contributed by atoms with Crippen molar-refractivity contribution in [3.8, 4) is 0 Å². The van der Waals surface area contributed by atoms with E-state index in [1.807, 2.05) is 18.3 Å². The Morgan fingerprint density at radius 1 is 1.00 bits per heavy atom. The van der Waals surface area contributed by atoms with E-state index in [1.165, 1.54) is 6.42 Å². The Bertz CT molecular complexity index is 790. The van der Waals surface area contributed by atoms with Gasteiger partial charge in [-0.2, -0.15) is 5.10 Å². The van der Waals surface area contributed by atoms with Crippen LogP contribution < -0.4 is 5.43 Å². The van der Waals surface area contributed by atoms with Crippen LogP contribution in [0.25, 0.3) is 0 Å². The van der Waals surface area contributed by atoms with E-state index >= 15 is 0 Å². The summed E-state index contributed by atoms with van der Waals surface area (Å²) in [6, 6.07) is 17.9. The minimum absolute atomic E-state index is 0.367. The van der Waals surface area contributed by atoms with Gasteiger partial charge in [0.1, 0.15) is 0 Å². The summed E-state index contributed by atoms with van der Waals surface area (Å²) >= 11 is 0. The van der Waals surface area contributed by atoms with Gasteiger partial charge in [0.15, 0.2) is 5.60 Å². The molecular weight excluding hydrogens is 324 g/mol. The lowest BCUT2D eigenvalue weighted by molar-refractivity contribution is -0.136. The van der Waals surface area contributed by atoms with Crippen molar-refractivity contribution in [3.05, 3.63) is 83.9 Å². The molecule has 2 bridgehead atoms. The Balaban J connectivity index is 1.56. The van der Waals surface area contributed by atoms with Gasteiger partial charge in [-0.05, 0) is 35.8 Å². The third-order valence-corrected chi connectivity index (χ3v) is 5.47. The van der Waals surface area contributed by atoms with Crippen LogP contribution in [0.1, 0.15) is 24.0 Å². The molecule has 1 saturated carbocycles. The predicted octanol–water partition coefficient (Wildman–Crippen LogP) is 3.24. The number of amides is 1. The molecule has 3 unspecified atom stereocenters. The maximum atomic E-state index is 12.9. The van der Waals surface area contributed by atoms with Crippen LogP contribution in [0.4, 0.5) is 0 Å². The van der Waals surface area contributed by atoms with Crippen LogP contribution in [0.5, 0.6) is 0 Å². The lowest BCUT2D eigenvalue weighted by Crippen LogP contribution is -2.43. The number of fused-ring (bicyclic) bond motifs is 2. The van der Waals surface area contributed by atoms with Crippen LogP contribution in [0.2, 0.25) is 0 Å². The number of benzene rings is 2. The molecule has 0 aliphatic heterocycles. The molecule has 1 fully saturated rings. The number of hydrazone groups is 1. The number of nitrogens with one attached hydrogen (secondary N) is 1. The van der Waals surface area contributed by atoms with Gasteiger partial charge in [0, 0.05) is 12.1 Å². The molecule has 4 nitrogen and oxygen atoms in total. The second-order valence-electron chi connectivity index (χ2n) is 7.11. The number of carbonyl (C=O) groups is 1. The topological polar surface area (TPSA) is 61.7 Å². The van der Waals surface area contributed by atoms with Crippen LogP contribution in [-0.2, 0) is 10.4 Å². The standard InChI is InChI=1S/C22H22N2O2/c25-21(24-23-15-18-14-16-11-12-17(18)13-16)22(26,19-7-3-1-4-8-19)20-9-5-2-6-10-20/h1-12,15-18,26H,13-14H2,(H,24,25). The Morgan fingerprint density at radius 2 is 1.62 bits per heavy atom. The smallest absolute Gasteiger partial charge is 0.281 e. The quantitative estimate of drug-likeness (QED) is 0.496. The summed E-state index contributed by atoms with van der Waals surface area (Å²) in [4.78, 5) is 12.9. The summed E-state index contributed by atoms with van der Waals surface area (Å²) in [5.74, 6) is 0.997. The largest absolute Gasteiger partial charge is 0.372 e. The third-order valence-electron chi connectivity index (χ3n) is 5.47. The molecule has 2 aliphatic carbocycles. The van der Waals surface area contributed by atoms with Crippen molar-refractivity contribution in [2.45, 2.75) is 18.4 Å². The van der Waals surface area contributed by atoms with Crippen molar-refractivity contribution in [2.75, 3.05) is 0 Å². The summed E-state index contributed by atoms with van der Waals surface area (Å²) in [6.07, 6.45) is 8.61. The van der Waals surface area contributed by atoms with Crippen molar-refractivity contribution >= 4 is 12.1 Å². The molecule has 0 aromatic heterocycles. The van der Waals surface area contributed by atoms with Gasteiger partial charge in [0.05, 0.1) is 0 Å². The lowest BCUT2D eigenvalue weighted by Gasteiger charge is -2.27. The molecule has 4 rings (SSSR count). The third kappa shape index (κ3) is 2.97. The van der Waals surface area contributed by atoms with Crippen LogP contribution in [0, 0.1) is 17.8 Å². The average Bonchev–Trinajstić information content (AvgIpc) is 3.32. The fraction of sp³-hybridized carbons (Fsp3) is 0.273. The van der Waals surface area contributed by atoms with Gasteiger partial charge in [0.25, 0.3) is 5.91 Å². The zero-order chi connectivity index (χ0) is 18.0. The Morgan fingerprint density at radius 3 is 2.12 bits per heavy atom. The van der Waals surface area contributed by atoms with E-state index in [2.05, 4.69) is 22.7 Å². The number of hydrogen-bond acceptors (Lipinski definition) is 3. The van der Waals surface area contributed by atoms with Crippen molar-refractivity contribution in [1.29, 1.82) is 0 Å². The predicted molar refractivity (Wildman–Crippen MR) is 101 cm³/mol. The Kier molecular flexibility index (Phi) is 4.43. The Labute approximate surface area is 153 Å². The summed E-state index contributed by atoms with van der Waals surface area (Å²) in [5, 5.41) is 15.5. The van der Waals surface area contributed by atoms with E-state index in [0.29, 0.717) is 28.9 Å². The fourth-order valence-electron chi connectivity index (χ4n) is 4.05. The number of aliphatic hydroxyl groups is 1. The number of hydrogen-bond donors (Lipinski definition) is 2. The molecule has 26 heavy (non-hydrogen) atoms. The van der Waals surface area contributed by atoms with E-state index in [4.69, 9.17) is 0 Å². The summed E-state index contributed by atoms with van der Waals surface area (Å²) < 4.78 is 0. The molecule has 2 aromatic rings. The van der Waals surface area contributed by atoms with Gasteiger partial charge in [-0.1, -0.05) is 72.8 Å². The molecule has 0 heterocycles. The molecule has 2 N–H and O–H groups in total. The van der Waals surface area contributed by atoms with Gasteiger partial charge >= 0.3 is 0 Å². The molecule has 2 aromatic carbocycles. The highest BCUT2D eigenvalue weighted by molar-refractivity contribution is 5.90. The summed E-state index contributed by atoms with van der Waals surface area (Å²) in [5.41, 5.74) is 1.81. The first-order valence-corrected chi connectivity index (χ1v) is 9.03. The molecule has 132 valence electrons. The first-order valence-electron chi connectivity index (χ1n) is 9.03. The van der Waals surface area contributed by atoms with Crippen LogP contribution in [0.15, 0.2) is 77.9 Å². The van der Waals surface area contributed by atoms with Crippen molar-refractivity contribution in [2.24, 2.45) is 22.9 Å². The molecule has 0 saturated heterocycles. The van der Waals surface area contributed by atoms with E-state index in [0.717, 1.165) is 6.42 Å². The highest BCUT2D eigenvalue weighted by Crippen LogP contribution is 2.42. The normalized spacial score (nSPS) is 24.3. The van der Waals surface area contributed by atoms with Gasteiger partial charge < -0.3 is 5.11 Å². The lowest BCUT2D eigenvalue weighted by atomic mass is 9.85. The van der Waals surface area contributed by atoms with Gasteiger partial charge in [-0.15, -0.1) is 0 Å². The van der Waals surface area contributed by atoms with E-state index in [1.54, 1.807) is 48.5 Å². The molecule has 3 atom stereocenters. The van der Waals surface area contributed by atoms with Gasteiger partial charge in [-0.3, -0.25) is 4.79 Å². The molecule has 1 amide bonds. The van der Waals surface area contributed by atoms with Gasteiger partial charge in [-0.25, -0.2) is 5.43 Å².